The summed E-state index contributed by atoms with van der Waals surface area (Å²) >= 11 is 0. The van der Waals surface area contributed by atoms with E-state index >= 15 is 0 Å². The van der Waals surface area contributed by atoms with Crippen LogP contribution in [0, 0.1) is 0 Å². The molecule has 0 aromatic heterocycles. The quantitative estimate of drug-likeness (QED) is 0.199. The van der Waals surface area contributed by atoms with Crippen molar-refractivity contribution in [2.45, 2.75) is 78.1 Å². The van der Waals surface area contributed by atoms with E-state index in [4.69, 9.17) is 5.11 Å². The summed E-state index contributed by atoms with van der Waals surface area (Å²) in [4.78, 5) is 0. The van der Waals surface area contributed by atoms with E-state index in [0.717, 1.165) is 18.3 Å². The van der Waals surface area contributed by atoms with Crippen LogP contribution in [0.3, 0.4) is 0 Å². The van der Waals surface area contributed by atoms with Crippen molar-refractivity contribution in [1.29, 1.82) is 0 Å². The fraction of sp³-hybridized carbons (Fsp3) is 0.545. The molecule has 0 amide bonds. The summed E-state index contributed by atoms with van der Waals surface area (Å²) in [6.45, 7) is 4.29. The van der Waals surface area contributed by atoms with Gasteiger partial charge in [0.05, 0.1) is 6.26 Å². The Morgan fingerprint density at radius 3 is 1.87 bits per heavy atom. The second-order valence-electron chi connectivity index (χ2n) is 5.88. The van der Waals surface area contributed by atoms with Crippen LogP contribution < -0.4 is 0 Å². The SMILES string of the molecule is CCCCCCCCCCC=CC=CC=CC=CC(=CO)CC. The Morgan fingerprint density at radius 2 is 1.26 bits per heavy atom. The Kier molecular flexibility index (Phi) is 17.3. The molecule has 0 fully saturated rings. The minimum Gasteiger partial charge on any atom is -0.515 e. The molecule has 0 aliphatic carbocycles. The maximum atomic E-state index is 8.89. The number of aliphatic hydroxyl groups is 1. The van der Waals surface area contributed by atoms with Crippen LogP contribution in [-0.2, 0) is 0 Å². The smallest absolute Gasteiger partial charge is 0.0823 e. The third-order valence-corrected chi connectivity index (χ3v) is 3.80. The molecule has 23 heavy (non-hydrogen) atoms. The molecule has 0 spiro atoms. The standard InChI is InChI=1S/C22H36O/c1-3-5-6-7-8-9-10-11-12-13-14-15-16-17-18-19-20-22(4-2)21-23/h13-21,23H,3-12H2,1-2H3. The first-order valence-electron chi connectivity index (χ1n) is 9.34. The van der Waals surface area contributed by atoms with Gasteiger partial charge in [-0.15, -0.1) is 0 Å². The van der Waals surface area contributed by atoms with Crippen LogP contribution in [0.15, 0.2) is 60.4 Å². The lowest BCUT2D eigenvalue weighted by molar-refractivity contribution is 0.467. The molecule has 0 aromatic rings. The van der Waals surface area contributed by atoms with Crippen molar-refractivity contribution in [3.8, 4) is 0 Å². The molecule has 0 bridgehead atoms. The van der Waals surface area contributed by atoms with Gasteiger partial charge in [-0.3, -0.25) is 0 Å². The number of unbranched alkanes of at least 4 members (excludes halogenated alkanes) is 8. The van der Waals surface area contributed by atoms with Crippen molar-refractivity contribution in [2.24, 2.45) is 0 Å². The molecule has 0 saturated heterocycles. The lowest BCUT2D eigenvalue weighted by atomic mass is 10.1. The van der Waals surface area contributed by atoms with Gasteiger partial charge in [-0.1, -0.05) is 107 Å². The van der Waals surface area contributed by atoms with Gasteiger partial charge in [-0.05, 0) is 24.8 Å². The summed E-state index contributed by atoms with van der Waals surface area (Å²) in [5, 5.41) is 8.89. The molecular weight excluding hydrogens is 280 g/mol. The Bertz CT molecular complexity index is 383. The average Bonchev–Trinajstić information content (AvgIpc) is 2.58. The van der Waals surface area contributed by atoms with Gasteiger partial charge >= 0.3 is 0 Å². The lowest BCUT2D eigenvalue weighted by Gasteiger charge is -1.99. The highest BCUT2D eigenvalue weighted by Gasteiger charge is 1.89. The van der Waals surface area contributed by atoms with E-state index in [2.05, 4.69) is 25.2 Å². The molecular formula is C22H36O. The molecule has 0 atom stereocenters. The topological polar surface area (TPSA) is 20.2 Å². The van der Waals surface area contributed by atoms with Crippen LogP contribution in [0.2, 0.25) is 0 Å². The summed E-state index contributed by atoms with van der Waals surface area (Å²) < 4.78 is 0. The first-order chi connectivity index (χ1) is 11.3. The molecule has 1 nitrogen and oxygen atoms in total. The van der Waals surface area contributed by atoms with Gasteiger partial charge in [0.25, 0.3) is 0 Å². The van der Waals surface area contributed by atoms with E-state index in [1.807, 2.05) is 37.3 Å². The second-order valence-corrected chi connectivity index (χ2v) is 5.88. The zero-order chi connectivity index (χ0) is 17.0. The van der Waals surface area contributed by atoms with Gasteiger partial charge in [0.15, 0.2) is 0 Å². The summed E-state index contributed by atoms with van der Waals surface area (Å²) in [5.74, 6) is 0. The Labute approximate surface area is 144 Å². The number of hydrogen-bond acceptors (Lipinski definition) is 1. The number of rotatable bonds is 14. The number of aliphatic hydroxyl groups excluding tert-OH is 1. The van der Waals surface area contributed by atoms with Crippen molar-refractivity contribution in [3.05, 3.63) is 60.4 Å². The van der Waals surface area contributed by atoms with Crippen LogP contribution >= 0.6 is 0 Å². The van der Waals surface area contributed by atoms with Crippen molar-refractivity contribution < 1.29 is 5.11 Å². The second kappa shape index (κ2) is 18.5. The zero-order valence-electron chi connectivity index (χ0n) is 15.2. The zero-order valence-corrected chi connectivity index (χ0v) is 15.2. The summed E-state index contributed by atoms with van der Waals surface area (Å²) in [6.07, 6.45) is 30.6. The van der Waals surface area contributed by atoms with Gasteiger partial charge in [-0.25, -0.2) is 0 Å². The van der Waals surface area contributed by atoms with Crippen LogP contribution in [0.25, 0.3) is 0 Å². The maximum absolute atomic E-state index is 8.89. The van der Waals surface area contributed by atoms with E-state index in [1.54, 1.807) is 0 Å². The molecule has 130 valence electrons. The van der Waals surface area contributed by atoms with Crippen LogP contribution in [0.5, 0.6) is 0 Å². The van der Waals surface area contributed by atoms with Crippen molar-refractivity contribution >= 4 is 0 Å². The fourth-order valence-corrected chi connectivity index (χ4v) is 2.26. The Balaban J connectivity index is 3.52. The molecule has 0 unspecified atom stereocenters. The Morgan fingerprint density at radius 1 is 0.696 bits per heavy atom. The van der Waals surface area contributed by atoms with Gasteiger partial charge < -0.3 is 5.11 Å². The molecule has 0 aliphatic rings. The fourth-order valence-electron chi connectivity index (χ4n) is 2.26. The average molecular weight is 317 g/mol. The van der Waals surface area contributed by atoms with Gasteiger partial charge in [0.1, 0.15) is 0 Å². The minimum atomic E-state index is 0.845. The molecule has 0 rings (SSSR count). The highest BCUT2D eigenvalue weighted by atomic mass is 16.2. The van der Waals surface area contributed by atoms with Crippen LogP contribution in [0.1, 0.15) is 78.1 Å². The normalized spacial score (nSPS) is 13.4. The van der Waals surface area contributed by atoms with Crippen LogP contribution in [-0.4, -0.2) is 5.11 Å². The van der Waals surface area contributed by atoms with Crippen molar-refractivity contribution in [1.82, 2.24) is 0 Å². The third-order valence-electron chi connectivity index (χ3n) is 3.80. The summed E-state index contributed by atoms with van der Waals surface area (Å²) in [7, 11) is 0. The van der Waals surface area contributed by atoms with Crippen molar-refractivity contribution in [2.75, 3.05) is 0 Å². The van der Waals surface area contributed by atoms with E-state index < -0.39 is 0 Å². The number of hydrogen-bond donors (Lipinski definition) is 1. The summed E-state index contributed by atoms with van der Waals surface area (Å²) in [6, 6.07) is 0. The molecule has 0 radical (unpaired) electrons. The van der Waals surface area contributed by atoms with Gasteiger partial charge in [0, 0.05) is 0 Å². The Hall–Kier alpha value is -1.50. The molecule has 0 aliphatic heterocycles. The van der Waals surface area contributed by atoms with Crippen molar-refractivity contribution in [3.63, 3.8) is 0 Å². The molecule has 0 aromatic carbocycles. The number of allylic oxidation sites excluding steroid dienone is 9. The predicted molar refractivity (Wildman–Crippen MR) is 105 cm³/mol. The largest absolute Gasteiger partial charge is 0.515 e. The molecule has 1 N–H and O–H groups in total. The molecule has 0 saturated carbocycles. The highest BCUT2D eigenvalue weighted by molar-refractivity contribution is 5.22. The lowest BCUT2D eigenvalue weighted by Crippen LogP contribution is -1.79. The van der Waals surface area contributed by atoms with Gasteiger partial charge in [0.2, 0.25) is 0 Å². The summed E-state index contributed by atoms with van der Waals surface area (Å²) in [5.41, 5.74) is 0.934. The maximum Gasteiger partial charge on any atom is 0.0823 e. The monoisotopic (exact) mass is 316 g/mol. The minimum absolute atomic E-state index is 0.845. The molecule has 1 heteroatoms. The first-order valence-corrected chi connectivity index (χ1v) is 9.34. The van der Waals surface area contributed by atoms with Crippen LogP contribution in [0.4, 0.5) is 0 Å². The third kappa shape index (κ3) is 16.7. The van der Waals surface area contributed by atoms with E-state index in [-0.39, 0.29) is 0 Å². The highest BCUT2D eigenvalue weighted by Crippen LogP contribution is 2.09. The predicted octanol–water partition coefficient (Wildman–Crippen LogP) is 7.59. The van der Waals surface area contributed by atoms with E-state index in [0.29, 0.717) is 0 Å². The molecule has 0 heterocycles. The van der Waals surface area contributed by atoms with E-state index in [1.165, 1.54) is 57.8 Å². The van der Waals surface area contributed by atoms with E-state index in [9.17, 15) is 0 Å². The first kappa shape index (κ1) is 21.5. The van der Waals surface area contributed by atoms with Gasteiger partial charge in [-0.2, -0.15) is 0 Å².